The summed E-state index contributed by atoms with van der Waals surface area (Å²) in [5.74, 6) is 0. The first-order valence-electron chi connectivity index (χ1n) is 14.6. The van der Waals surface area contributed by atoms with Crippen LogP contribution in [0.2, 0.25) is 0 Å². The fraction of sp³-hybridized carbons (Fsp3) is 0.297. The van der Waals surface area contributed by atoms with Gasteiger partial charge in [-0.3, -0.25) is 0 Å². The number of hydrogen-bond acceptors (Lipinski definition) is 2. The van der Waals surface area contributed by atoms with Crippen molar-refractivity contribution in [1.29, 1.82) is 0 Å². The summed E-state index contributed by atoms with van der Waals surface area (Å²) in [7, 11) is 0. The van der Waals surface area contributed by atoms with Crippen molar-refractivity contribution in [3.05, 3.63) is 119 Å². The molecule has 0 unspecified atom stereocenters. The lowest BCUT2D eigenvalue weighted by Crippen LogP contribution is -2.00. The Bertz CT molecular complexity index is 1310. The van der Waals surface area contributed by atoms with Gasteiger partial charge in [-0.05, 0) is 119 Å². The van der Waals surface area contributed by atoms with E-state index in [2.05, 4.69) is 129 Å². The zero-order chi connectivity index (χ0) is 27.5. The lowest BCUT2D eigenvalue weighted by molar-refractivity contribution is 0.765. The summed E-state index contributed by atoms with van der Waals surface area (Å²) in [5.41, 5.74) is 12.7. The molecule has 0 aliphatic carbocycles. The molecule has 0 bridgehead atoms. The van der Waals surface area contributed by atoms with Gasteiger partial charge in [0.15, 0.2) is 0 Å². The first-order chi connectivity index (χ1) is 19.1. The highest BCUT2D eigenvalue weighted by Gasteiger charge is 2.11. The maximum absolute atomic E-state index is 4.65. The molecule has 0 atom stereocenters. The molecule has 0 aliphatic heterocycles. The van der Waals surface area contributed by atoms with Crippen LogP contribution in [0.15, 0.2) is 101 Å². The van der Waals surface area contributed by atoms with Crippen LogP contribution < -0.4 is 0 Å². The fourth-order valence-corrected chi connectivity index (χ4v) is 5.36. The summed E-state index contributed by atoms with van der Waals surface area (Å²) in [5, 5.41) is 9.16. The predicted octanol–water partition coefficient (Wildman–Crippen LogP) is 11.3. The number of hydrogen-bond donors (Lipinski definition) is 0. The van der Waals surface area contributed by atoms with Crippen LogP contribution in [-0.4, -0.2) is 0 Å². The van der Waals surface area contributed by atoms with Crippen LogP contribution in [0.25, 0.3) is 28.3 Å². The lowest BCUT2D eigenvalue weighted by atomic mass is 9.90. The molecule has 0 spiro atoms. The molecular weight excluding hydrogens is 472 g/mol. The average molecular weight is 515 g/mol. The highest BCUT2D eigenvalue weighted by Crippen LogP contribution is 2.34. The van der Waals surface area contributed by atoms with E-state index in [0.29, 0.717) is 0 Å². The van der Waals surface area contributed by atoms with Gasteiger partial charge in [-0.25, -0.2) is 0 Å². The Kier molecular flexibility index (Phi) is 10.4. The van der Waals surface area contributed by atoms with Crippen molar-refractivity contribution in [2.24, 2.45) is 10.2 Å². The maximum Gasteiger partial charge on any atom is 0.0862 e. The van der Waals surface area contributed by atoms with Gasteiger partial charge in [0.2, 0.25) is 0 Å². The van der Waals surface area contributed by atoms with Gasteiger partial charge < -0.3 is 0 Å². The molecule has 4 aromatic rings. The summed E-state index contributed by atoms with van der Waals surface area (Å²) in [4.78, 5) is 0. The Morgan fingerprint density at radius 3 is 1.64 bits per heavy atom. The summed E-state index contributed by atoms with van der Waals surface area (Å²) < 4.78 is 0. The van der Waals surface area contributed by atoms with E-state index < -0.39 is 0 Å². The Hall–Kier alpha value is -3.78. The van der Waals surface area contributed by atoms with Crippen molar-refractivity contribution in [3.63, 3.8) is 0 Å². The molecular formula is C37H42N2. The standard InChI is InChI=1S/C37H42N2/c1-5-8-16-32-26-34(27-33(17-9-6-2)35(32)7-3)39-38-23-22-29-24-36(30-18-12-10-13-19-30)28(4)37(25-29)31-20-14-11-15-21-31/h10-15,18-27H,5-9,16-17H2,1-4H3. The smallest absolute Gasteiger partial charge is 0.0862 e. The van der Waals surface area contributed by atoms with Gasteiger partial charge >= 0.3 is 0 Å². The first kappa shape index (κ1) is 28.2. The van der Waals surface area contributed by atoms with Gasteiger partial charge in [0.25, 0.3) is 0 Å². The van der Waals surface area contributed by atoms with Crippen LogP contribution in [0.3, 0.4) is 0 Å². The fourth-order valence-electron chi connectivity index (χ4n) is 5.36. The van der Waals surface area contributed by atoms with Gasteiger partial charge in [-0.1, -0.05) is 94.3 Å². The van der Waals surface area contributed by atoms with Gasteiger partial charge in [0, 0.05) is 0 Å². The van der Waals surface area contributed by atoms with Crippen molar-refractivity contribution in [3.8, 4) is 22.3 Å². The van der Waals surface area contributed by atoms with E-state index in [1.807, 2.05) is 6.20 Å². The predicted molar refractivity (Wildman–Crippen MR) is 169 cm³/mol. The molecule has 39 heavy (non-hydrogen) atoms. The third kappa shape index (κ3) is 7.41. The molecule has 0 heterocycles. The zero-order valence-electron chi connectivity index (χ0n) is 24.1. The van der Waals surface area contributed by atoms with Crippen molar-refractivity contribution in [2.75, 3.05) is 0 Å². The molecule has 0 saturated carbocycles. The normalized spacial score (nSPS) is 11.6. The highest BCUT2D eigenvalue weighted by atomic mass is 15.1. The molecule has 0 N–H and O–H groups in total. The molecule has 200 valence electrons. The monoisotopic (exact) mass is 514 g/mol. The van der Waals surface area contributed by atoms with E-state index in [1.165, 1.54) is 70.2 Å². The third-order valence-electron chi connectivity index (χ3n) is 7.48. The molecule has 2 nitrogen and oxygen atoms in total. The molecule has 0 amide bonds. The second-order valence-electron chi connectivity index (χ2n) is 10.3. The molecule has 0 saturated heterocycles. The van der Waals surface area contributed by atoms with Crippen LogP contribution in [0.1, 0.15) is 74.3 Å². The van der Waals surface area contributed by atoms with Crippen LogP contribution in [0.5, 0.6) is 0 Å². The van der Waals surface area contributed by atoms with Crippen LogP contribution in [-0.2, 0) is 19.3 Å². The zero-order valence-corrected chi connectivity index (χ0v) is 24.1. The minimum absolute atomic E-state index is 0.966. The van der Waals surface area contributed by atoms with Gasteiger partial charge in [0.1, 0.15) is 0 Å². The van der Waals surface area contributed by atoms with Gasteiger partial charge in [-0.15, -0.1) is 0 Å². The van der Waals surface area contributed by atoms with E-state index in [9.17, 15) is 0 Å². The van der Waals surface area contributed by atoms with E-state index >= 15 is 0 Å². The molecule has 0 radical (unpaired) electrons. The number of azo groups is 1. The van der Waals surface area contributed by atoms with E-state index in [4.69, 9.17) is 0 Å². The van der Waals surface area contributed by atoms with Gasteiger partial charge in [-0.2, -0.15) is 10.2 Å². The van der Waals surface area contributed by atoms with E-state index in [1.54, 1.807) is 0 Å². The molecule has 0 aromatic heterocycles. The Balaban J connectivity index is 1.66. The average Bonchev–Trinajstić information content (AvgIpc) is 2.98. The summed E-state index contributed by atoms with van der Waals surface area (Å²) >= 11 is 0. The molecule has 0 aliphatic rings. The van der Waals surface area contributed by atoms with E-state index in [0.717, 1.165) is 30.5 Å². The number of rotatable bonds is 12. The third-order valence-corrected chi connectivity index (χ3v) is 7.48. The summed E-state index contributed by atoms with van der Waals surface area (Å²) in [6, 6.07) is 30.3. The lowest BCUT2D eigenvalue weighted by Gasteiger charge is -2.15. The Morgan fingerprint density at radius 2 is 1.18 bits per heavy atom. The number of nitrogens with zero attached hydrogens (tertiary/aromatic N) is 2. The van der Waals surface area contributed by atoms with Crippen LogP contribution in [0.4, 0.5) is 5.69 Å². The number of benzene rings is 4. The van der Waals surface area contributed by atoms with Gasteiger partial charge in [0.05, 0.1) is 11.9 Å². The van der Waals surface area contributed by atoms with E-state index in [-0.39, 0.29) is 0 Å². The van der Waals surface area contributed by atoms with Crippen LogP contribution >= 0.6 is 0 Å². The SMILES string of the molecule is CCCCc1cc(N=NC=Cc2cc(-c3ccccc3)c(C)c(-c3ccccc3)c2)cc(CCCC)c1CC. The molecule has 0 fully saturated rings. The summed E-state index contributed by atoms with van der Waals surface area (Å²) in [6.45, 7) is 9.01. The largest absolute Gasteiger partial charge is 0.159 e. The van der Waals surface area contributed by atoms with Crippen molar-refractivity contribution >= 4 is 11.8 Å². The second-order valence-corrected chi connectivity index (χ2v) is 10.3. The maximum atomic E-state index is 4.65. The van der Waals surface area contributed by atoms with Crippen molar-refractivity contribution in [2.45, 2.75) is 72.6 Å². The molecule has 4 rings (SSSR count). The highest BCUT2D eigenvalue weighted by molar-refractivity contribution is 5.81. The Morgan fingerprint density at radius 1 is 0.667 bits per heavy atom. The first-order valence-corrected chi connectivity index (χ1v) is 14.6. The molecule has 4 aromatic carbocycles. The molecule has 2 heteroatoms. The summed E-state index contributed by atoms with van der Waals surface area (Å²) in [6.07, 6.45) is 12.0. The van der Waals surface area contributed by atoms with Crippen molar-refractivity contribution < 1.29 is 0 Å². The topological polar surface area (TPSA) is 24.7 Å². The minimum Gasteiger partial charge on any atom is -0.159 e. The second kappa shape index (κ2) is 14.4. The Labute approximate surface area is 235 Å². The number of aryl methyl sites for hydroxylation is 2. The van der Waals surface area contributed by atoms with Crippen molar-refractivity contribution in [1.82, 2.24) is 0 Å². The van der Waals surface area contributed by atoms with Crippen LogP contribution in [0, 0.1) is 6.92 Å². The number of unbranched alkanes of at least 4 members (excludes halogenated alkanes) is 2. The minimum atomic E-state index is 0.966. The quantitative estimate of drug-likeness (QED) is 0.168.